The molecule has 102 valence electrons. The van der Waals surface area contributed by atoms with Gasteiger partial charge < -0.3 is 4.84 Å². The van der Waals surface area contributed by atoms with E-state index in [1.54, 1.807) is 0 Å². The maximum absolute atomic E-state index is 5.68. The van der Waals surface area contributed by atoms with Crippen molar-refractivity contribution in [1.82, 2.24) is 5.48 Å². The van der Waals surface area contributed by atoms with Crippen LogP contribution in [-0.4, -0.2) is 12.1 Å². The van der Waals surface area contributed by atoms with Crippen LogP contribution >= 0.6 is 0 Å². The van der Waals surface area contributed by atoms with Gasteiger partial charge in [-0.25, -0.2) is 0 Å². The molecular formula is C15H31NO. The summed E-state index contributed by atoms with van der Waals surface area (Å²) in [7, 11) is 0. The first-order valence-corrected chi connectivity index (χ1v) is 7.06. The second kappa shape index (κ2) is 5.71. The Morgan fingerprint density at radius 1 is 1.00 bits per heavy atom. The van der Waals surface area contributed by atoms with E-state index in [1.165, 1.54) is 25.7 Å². The maximum Gasteiger partial charge on any atom is 0.0713 e. The smallest absolute Gasteiger partial charge is 0.0713 e. The fraction of sp³-hybridized carbons (Fsp3) is 1.00. The third kappa shape index (κ3) is 6.42. The van der Waals surface area contributed by atoms with Crippen LogP contribution in [0.25, 0.3) is 0 Å². The largest absolute Gasteiger partial charge is 0.301 e. The highest BCUT2D eigenvalue weighted by atomic mass is 16.6. The average molecular weight is 241 g/mol. The van der Waals surface area contributed by atoms with Gasteiger partial charge in [-0.2, -0.15) is 5.48 Å². The molecule has 2 nitrogen and oxygen atoms in total. The molecule has 0 bridgehead atoms. The lowest BCUT2D eigenvalue weighted by molar-refractivity contribution is -0.0325. The lowest BCUT2D eigenvalue weighted by Gasteiger charge is -2.28. The van der Waals surface area contributed by atoms with Gasteiger partial charge in [-0.15, -0.1) is 0 Å². The van der Waals surface area contributed by atoms with Crippen molar-refractivity contribution >= 4 is 0 Å². The molecule has 17 heavy (non-hydrogen) atoms. The van der Waals surface area contributed by atoms with Gasteiger partial charge in [0.1, 0.15) is 0 Å². The van der Waals surface area contributed by atoms with E-state index in [0.717, 1.165) is 18.4 Å². The molecule has 0 unspecified atom stereocenters. The highest BCUT2D eigenvalue weighted by Gasteiger charge is 2.31. The first kappa shape index (κ1) is 15.0. The summed E-state index contributed by atoms with van der Waals surface area (Å²) in [6.07, 6.45) is 5.44. The Balaban J connectivity index is 2.32. The van der Waals surface area contributed by atoms with Crippen molar-refractivity contribution in [3.63, 3.8) is 0 Å². The maximum atomic E-state index is 5.68. The number of hydrogen-bond acceptors (Lipinski definition) is 2. The quantitative estimate of drug-likeness (QED) is 0.746. The first-order chi connectivity index (χ1) is 7.67. The van der Waals surface area contributed by atoms with Gasteiger partial charge in [0, 0.05) is 5.54 Å². The summed E-state index contributed by atoms with van der Waals surface area (Å²) in [6.45, 7) is 14.3. The molecule has 0 aromatic carbocycles. The van der Waals surface area contributed by atoms with E-state index in [2.05, 4.69) is 47.0 Å². The summed E-state index contributed by atoms with van der Waals surface area (Å²) in [5, 5.41) is 0. The molecule has 1 N–H and O–H groups in total. The second-order valence-electron chi connectivity index (χ2n) is 7.88. The Labute approximate surface area is 107 Å². The number of nitrogens with one attached hydrogen (secondary N) is 1. The number of hydrogen-bond donors (Lipinski definition) is 1. The minimum atomic E-state index is 0.0537. The SMILES string of the molecule is CC(C)(C)C[C@@H]1CCC[C@@H]1CONC(C)(C)C. The normalized spacial score (nSPS) is 26.5. The molecule has 1 fully saturated rings. The van der Waals surface area contributed by atoms with E-state index in [0.29, 0.717) is 5.41 Å². The minimum Gasteiger partial charge on any atom is -0.301 e. The fourth-order valence-corrected chi connectivity index (χ4v) is 2.75. The summed E-state index contributed by atoms with van der Waals surface area (Å²) < 4.78 is 0. The van der Waals surface area contributed by atoms with Crippen molar-refractivity contribution in [1.29, 1.82) is 0 Å². The average Bonchev–Trinajstić information content (AvgIpc) is 2.47. The third-order valence-corrected chi connectivity index (χ3v) is 3.37. The molecule has 0 aliphatic heterocycles. The van der Waals surface area contributed by atoms with Crippen molar-refractivity contribution in [2.45, 2.75) is 72.8 Å². The van der Waals surface area contributed by atoms with Gasteiger partial charge >= 0.3 is 0 Å². The Morgan fingerprint density at radius 2 is 1.59 bits per heavy atom. The second-order valence-corrected chi connectivity index (χ2v) is 7.88. The zero-order valence-corrected chi connectivity index (χ0v) is 12.6. The Kier molecular flexibility index (Phi) is 5.03. The van der Waals surface area contributed by atoms with Crippen molar-refractivity contribution in [2.24, 2.45) is 17.3 Å². The Hall–Kier alpha value is -0.0800. The molecule has 2 heteroatoms. The number of rotatable bonds is 4. The van der Waals surface area contributed by atoms with Gasteiger partial charge in [0.05, 0.1) is 6.61 Å². The van der Waals surface area contributed by atoms with Gasteiger partial charge in [-0.1, -0.05) is 33.6 Å². The summed E-state index contributed by atoms with van der Waals surface area (Å²) in [4.78, 5) is 5.68. The molecule has 0 saturated heterocycles. The van der Waals surface area contributed by atoms with Gasteiger partial charge in [-0.05, 0) is 50.9 Å². The predicted octanol–water partition coefficient (Wildman–Crippen LogP) is 4.16. The molecule has 1 rings (SSSR count). The molecular weight excluding hydrogens is 210 g/mol. The van der Waals surface area contributed by atoms with E-state index in [-0.39, 0.29) is 5.54 Å². The van der Waals surface area contributed by atoms with Crippen LogP contribution in [0.5, 0.6) is 0 Å². The number of hydroxylamine groups is 1. The Bertz CT molecular complexity index is 224. The standard InChI is InChI=1S/C15H31NO/c1-14(2,3)10-12-8-7-9-13(12)11-17-16-15(4,5)6/h12-13,16H,7-11H2,1-6H3/t12-,13+/m0/s1. The lowest BCUT2D eigenvalue weighted by atomic mass is 9.80. The minimum absolute atomic E-state index is 0.0537. The molecule has 0 aromatic heterocycles. The molecule has 2 atom stereocenters. The van der Waals surface area contributed by atoms with E-state index >= 15 is 0 Å². The van der Waals surface area contributed by atoms with Gasteiger partial charge in [0.15, 0.2) is 0 Å². The van der Waals surface area contributed by atoms with Crippen LogP contribution < -0.4 is 5.48 Å². The van der Waals surface area contributed by atoms with E-state index in [9.17, 15) is 0 Å². The summed E-state index contributed by atoms with van der Waals surface area (Å²) in [6, 6.07) is 0. The van der Waals surface area contributed by atoms with Gasteiger partial charge in [0.2, 0.25) is 0 Å². The van der Waals surface area contributed by atoms with Gasteiger partial charge in [0.25, 0.3) is 0 Å². The molecule has 1 aliphatic rings. The van der Waals surface area contributed by atoms with Crippen LogP contribution in [0.15, 0.2) is 0 Å². The van der Waals surface area contributed by atoms with Crippen molar-refractivity contribution < 1.29 is 4.84 Å². The fourth-order valence-electron chi connectivity index (χ4n) is 2.75. The van der Waals surface area contributed by atoms with Crippen LogP contribution in [0.1, 0.15) is 67.2 Å². The van der Waals surface area contributed by atoms with Crippen LogP contribution in [-0.2, 0) is 4.84 Å². The van der Waals surface area contributed by atoms with Crippen LogP contribution in [0.2, 0.25) is 0 Å². The molecule has 1 saturated carbocycles. The highest BCUT2D eigenvalue weighted by Crippen LogP contribution is 2.39. The van der Waals surface area contributed by atoms with Crippen LogP contribution in [0, 0.1) is 17.3 Å². The summed E-state index contributed by atoms with van der Waals surface area (Å²) in [5.41, 5.74) is 3.63. The molecule has 0 heterocycles. The van der Waals surface area contributed by atoms with Crippen LogP contribution in [0.3, 0.4) is 0 Å². The molecule has 1 aliphatic carbocycles. The zero-order chi connectivity index (χ0) is 13.1. The molecule has 0 aromatic rings. The highest BCUT2D eigenvalue weighted by molar-refractivity contribution is 4.81. The van der Waals surface area contributed by atoms with E-state index in [1.807, 2.05) is 0 Å². The van der Waals surface area contributed by atoms with Gasteiger partial charge in [-0.3, -0.25) is 0 Å². The third-order valence-electron chi connectivity index (χ3n) is 3.37. The van der Waals surface area contributed by atoms with E-state index in [4.69, 9.17) is 4.84 Å². The monoisotopic (exact) mass is 241 g/mol. The summed E-state index contributed by atoms with van der Waals surface area (Å²) >= 11 is 0. The van der Waals surface area contributed by atoms with E-state index < -0.39 is 0 Å². The predicted molar refractivity (Wildman–Crippen MR) is 73.7 cm³/mol. The summed E-state index contributed by atoms with van der Waals surface area (Å²) in [5.74, 6) is 1.61. The lowest BCUT2D eigenvalue weighted by Crippen LogP contribution is -2.37. The molecule has 0 spiro atoms. The first-order valence-electron chi connectivity index (χ1n) is 7.06. The molecule has 0 radical (unpaired) electrons. The Morgan fingerprint density at radius 3 is 2.12 bits per heavy atom. The van der Waals surface area contributed by atoms with Crippen LogP contribution in [0.4, 0.5) is 0 Å². The molecule has 0 amide bonds. The zero-order valence-electron chi connectivity index (χ0n) is 12.6. The van der Waals surface area contributed by atoms with Crippen molar-refractivity contribution in [3.05, 3.63) is 0 Å². The van der Waals surface area contributed by atoms with Crippen molar-refractivity contribution in [2.75, 3.05) is 6.61 Å². The van der Waals surface area contributed by atoms with Crippen molar-refractivity contribution in [3.8, 4) is 0 Å². The topological polar surface area (TPSA) is 21.3 Å².